The van der Waals surface area contributed by atoms with Crippen LogP contribution < -0.4 is 0 Å². The topological polar surface area (TPSA) is 55.6 Å². The molecule has 1 aliphatic rings. The predicted molar refractivity (Wildman–Crippen MR) is 85.9 cm³/mol. The molecule has 0 bridgehead atoms. The summed E-state index contributed by atoms with van der Waals surface area (Å²) in [6, 6.07) is 10.1. The van der Waals surface area contributed by atoms with Crippen LogP contribution in [0.25, 0.3) is 0 Å². The molecule has 3 rings (SSSR count). The number of amides is 1. The third kappa shape index (κ3) is 3.79. The fourth-order valence-corrected chi connectivity index (χ4v) is 2.78. The molecule has 0 aliphatic carbocycles. The second-order valence-electron chi connectivity index (χ2n) is 6.02. The lowest BCUT2D eigenvalue weighted by Gasteiger charge is -2.39. The molecule has 2 aromatic rings. The standard InChI is InChI=1S/C18H22N2O3/c1-13-17(14(2)23-19-13)8-9-18(21)20-10-16(11-20)22-12-15-6-4-3-5-7-15/h3-7,16H,8-12H2,1-2H3. The van der Waals surface area contributed by atoms with Crippen molar-refractivity contribution in [2.75, 3.05) is 13.1 Å². The Morgan fingerprint density at radius 2 is 2.04 bits per heavy atom. The SMILES string of the molecule is Cc1noc(C)c1CCC(=O)N1CC(OCc2ccccc2)C1. The van der Waals surface area contributed by atoms with Crippen molar-refractivity contribution >= 4 is 5.91 Å². The summed E-state index contributed by atoms with van der Waals surface area (Å²) in [6.07, 6.45) is 1.33. The summed E-state index contributed by atoms with van der Waals surface area (Å²) < 4.78 is 10.9. The number of carbonyl (C=O) groups excluding carboxylic acids is 1. The van der Waals surface area contributed by atoms with Crippen LogP contribution >= 0.6 is 0 Å². The van der Waals surface area contributed by atoms with Crippen LogP contribution in [-0.2, 0) is 22.6 Å². The molecule has 122 valence electrons. The van der Waals surface area contributed by atoms with Gasteiger partial charge in [-0.1, -0.05) is 35.5 Å². The molecule has 1 saturated heterocycles. The summed E-state index contributed by atoms with van der Waals surface area (Å²) in [4.78, 5) is 14.0. The minimum Gasteiger partial charge on any atom is -0.370 e. The summed E-state index contributed by atoms with van der Waals surface area (Å²) >= 11 is 0. The number of benzene rings is 1. The van der Waals surface area contributed by atoms with Gasteiger partial charge < -0.3 is 14.2 Å². The number of aromatic nitrogens is 1. The average Bonchev–Trinajstić information content (AvgIpc) is 2.83. The summed E-state index contributed by atoms with van der Waals surface area (Å²) in [7, 11) is 0. The molecule has 23 heavy (non-hydrogen) atoms. The van der Waals surface area contributed by atoms with Crippen molar-refractivity contribution in [3.05, 3.63) is 52.9 Å². The highest BCUT2D eigenvalue weighted by Crippen LogP contribution is 2.18. The van der Waals surface area contributed by atoms with Gasteiger partial charge >= 0.3 is 0 Å². The Hall–Kier alpha value is -2.14. The van der Waals surface area contributed by atoms with Crippen molar-refractivity contribution in [3.63, 3.8) is 0 Å². The molecule has 0 unspecified atom stereocenters. The summed E-state index contributed by atoms with van der Waals surface area (Å²) in [5.41, 5.74) is 3.09. The van der Waals surface area contributed by atoms with Crippen LogP contribution in [0.2, 0.25) is 0 Å². The number of nitrogens with zero attached hydrogens (tertiary/aromatic N) is 2. The summed E-state index contributed by atoms with van der Waals surface area (Å²) in [5, 5.41) is 3.92. The van der Waals surface area contributed by atoms with E-state index in [-0.39, 0.29) is 12.0 Å². The quantitative estimate of drug-likeness (QED) is 0.822. The van der Waals surface area contributed by atoms with Gasteiger partial charge in [-0.25, -0.2) is 0 Å². The fraction of sp³-hybridized carbons (Fsp3) is 0.444. The molecule has 0 spiro atoms. The molecule has 5 nitrogen and oxygen atoms in total. The molecule has 0 N–H and O–H groups in total. The minimum atomic E-state index is 0.151. The van der Waals surface area contributed by atoms with Crippen LogP contribution in [0.1, 0.15) is 29.0 Å². The van der Waals surface area contributed by atoms with Gasteiger partial charge in [-0.2, -0.15) is 0 Å². The number of likely N-dealkylation sites (tertiary alicyclic amines) is 1. The molecule has 1 aromatic carbocycles. The third-order valence-corrected chi connectivity index (χ3v) is 4.30. The second kappa shape index (κ2) is 6.96. The molecule has 0 saturated carbocycles. The summed E-state index contributed by atoms with van der Waals surface area (Å²) in [5.74, 6) is 0.979. The number of ether oxygens (including phenoxy) is 1. The zero-order valence-electron chi connectivity index (χ0n) is 13.6. The molecule has 1 amide bonds. The van der Waals surface area contributed by atoms with Crippen LogP contribution in [0.3, 0.4) is 0 Å². The molecular formula is C18H22N2O3. The van der Waals surface area contributed by atoms with Crippen molar-refractivity contribution in [1.29, 1.82) is 0 Å². The maximum Gasteiger partial charge on any atom is 0.223 e. The van der Waals surface area contributed by atoms with Crippen molar-refractivity contribution in [1.82, 2.24) is 10.1 Å². The molecule has 0 radical (unpaired) electrons. The number of hydrogen-bond donors (Lipinski definition) is 0. The highest BCUT2D eigenvalue weighted by atomic mass is 16.5. The lowest BCUT2D eigenvalue weighted by Crippen LogP contribution is -2.54. The zero-order valence-corrected chi connectivity index (χ0v) is 13.6. The van der Waals surface area contributed by atoms with Gasteiger partial charge in [-0.15, -0.1) is 0 Å². The van der Waals surface area contributed by atoms with Crippen LogP contribution in [-0.4, -0.2) is 35.2 Å². The van der Waals surface area contributed by atoms with E-state index in [4.69, 9.17) is 9.26 Å². The van der Waals surface area contributed by atoms with Gasteiger partial charge in [0.15, 0.2) is 0 Å². The van der Waals surface area contributed by atoms with E-state index in [9.17, 15) is 4.79 Å². The smallest absolute Gasteiger partial charge is 0.223 e. The first-order chi connectivity index (χ1) is 11.1. The van der Waals surface area contributed by atoms with Gasteiger partial charge in [0.05, 0.1) is 18.4 Å². The molecule has 1 fully saturated rings. The van der Waals surface area contributed by atoms with E-state index < -0.39 is 0 Å². The van der Waals surface area contributed by atoms with Gasteiger partial charge in [-0.05, 0) is 25.8 Å². The van der Waals surface area contributed by atoms with E-state index in [1.54, 1.807) is 0 Å². The van der Waals surface area contributed by atoms with Crippen LogP contribution in [0, 0.1) is 13.8 Å². The molecular weight excluding hydrogens is 292 g/mol. The van der Waals surface area contributed by atoms with E-state index in [0.29, 0.717) is 32.5 Å². The first-order valence-corrected chi connectivity index (χ1v) is 7.98. The van der Waals surface area contributed by atoms with Gasteiger partial charge in [0.2, 0.25) is 5.91 Å². The number of rotatable bonds is 6. The minimum absolute atomic E-state index is 0.151. The molecule has 5 heteroatoms. The Bertz CT molecular complexity index is 641. The van der Waals surface area contributed by atoms with Gasteiger partial charge in [-0.3, -0.25) is 4.79 Å². The lowest BCUT2D eigenvalue weighted by atomic mass is 10.1. The lowest BCUT2D eigenvalue weighted by molar-refractivity contribution is -0.145. The van der Waals surface area contributed by atoms with Crippen molar-refractivity contribution < 1.29 is 14.1 Å². The van der Waals surface area contributed by atoms with Crippen LogP contribution in [0.4, 0.5) is 0 Å². The van der Waals surface area contributed by atoms with Crippen molar-refractivity contribution in [2.45, 2.75) is 39.4 Å². The van der Waals surface area contributed by atoms with Gasteiger partial charge in [0.25, 0.3) is 0 Å². The Kier molecular flexibility index (Phi) is 4.76. The first kappa shape index (κ1) is 15.7. The Morgan fingerprint density at radius 1 is 1.30 bits per heavy atom. The van der Waals surface area contributed by atoms with Gasteiger partial charge in [0.1, 0.15) is 5.76 Å². The van der Waals surface area contributed by atoms with Gasteiger partial charge in [0, 0.05) is 25.1 Å². The number of carbonyl (C=O) groups is 1. The number of hydrogen-bond acceptors (Lipinski definition) is 4. The zero-order chi connectivity index (χ0) is 16.2. The predicted octanol–water partition coefficient (Wildman–Crippen LogP) is 2.65. The Balaban J connectivity index is 1.38. The second-order valence-corrected chi connectivity index (χ2v) is 6.02. The maximum absolute atomic E-state index is 12.2. The van der Waals surface area contributed by atoms with Crippen molar-refractivity contribution in [2.24, 2.45) is 0 Å². The van der Waals surface area contributed by atoms with E-state index in [1.807, 2.05) is 49.1 Å². The molecule has 1 aliphatic heterocycles. The van der Waals surface area contributed by atoms with Crippen molar-refractivity contribution in [3.8, 4) is 0 Å². The van der Waals surface area contributed by atoms with E-state index in [0.717, 1.165) is 22.6 Å². The maximum atomic E-state index is 12.2. The highest BCUT2D eigenvalue weighted by molar-refractivity contribution is 5.77. The van der Waals surface area contributed by atoms with E-state index >= 15 is 0 Å². The fourth-order valence-electron chi connectivity index (χ4n) is 2.78. The van der Waals surface area contributed by atoms with E-state index in [1.165, 1.54) is 0 Å². The Labute approximate surface area is 136 Å². The third-order valence-electron chi connectivity index (χ3n) is 4.30. The van der Waals surface area contributed by atoms with E-state index in [2.05, 4.69) is 5.16 Å². The molecule has 2 heterocycles. The van der Waals surface area contributed by atoms with Crippen LogP contribution in [0.5, 0.6) is 0 Å². The monoisotopic (exact) mass is 314 g/mol. The summed E-state index contributed by atoms with van der Waals surface area (Å²) in [6.45, 7) is 5.78. The highest BCUT2D eigenvalue weighted by Gasteiger charge is 2.31. The Morgan fingerprint density at radius 3 is 2.70 bits per heavy atom. The number of aryl methyl sites for hydroxylation is 2. The average molecular weight is 314 g/mol. The molecule has 1 aromatic heterocycles. The normalized spacial score (nSPS) is 14.8. The first-order valence-electron chi connectivity index (χ1n) is 7.98. The largest absolute Gasteiger partial charge is 0.370 e. The molecule has 0 atom stereocenters. The van der Waals surface area contributed by atoms with Crippen LogP contribution in [0.15, 0.2) is 34.9 Å².